The summed E-state index contributed by atoms with van der Waals surface area (Å²) >= 11 is 12.0. The van der Waals surface area contributed by atoms with E-state index < -0.39 is 17.8 Å². The molecule has 1 atom stereocenters. The van der Waals surface area contributed by atoms with Crippen molar-refractivity contribution < 1.29 is 19.1 Å². The van der Waals surface area contributed by atoms with Crippen molar-refractivity contribution in [3.8, 4) is 5.75 Å². The summed E-state index contributed by atoms with van der Waals surface area (Å²) in [6.45, 7) is 1.64. The van der Waals surface area contributed by atoms with Crippen molar-refractivity contribution in [2.75, 3.05) is 18.5 Å². The molecule has 0 unspecified atom stereocenters. The molecule has 26 heavy (non-hydrogen) atoms. The Kier molecular flexibility index (Phi) is 5.69. The third-order valence-electron chi connectivity index (χ3n) is 4.15. The van der Waals surface area contributed by atoms with Gasteiger partial charge in [0.2, 0.25) is 0 Å². The van der Waals surface area contributed by atoms with Crippen LogP contribution < -0.4 is 10.1 Å². The Morgan fingerprint density at radius 1 is 1.27 bits per heavy atom. The normalized spacial score (nSPS) is 15.6. The smallest absolute Gasteiger partial charge is 0.313 e. The molecule has 136 valence electrons. The zero-order valence-electron chi connectivity index (χ0n) is 14.1. The van der Waals surface area contributed by atoms with Crippen LogP contribution in [0.1, 0.15) is 11.1 Å². The number of benzene rings is 2. The van der Waals surface area contributed by atoms with Crippen LogP contribution in [0, 0.1) is 12.8 Å². The van der Waals surface area contributed by atoms with Gasteiger partial charge in [0, 0.05) is 15.7 Å². The summed E-state index contributed by atoms with van der Waals surface area (Å²) in [4.78, 5) is 24.3. The van der Waals surface area contributed by atoms with E-state index in [4.69, 9.17) is 32.7 Å². The molecular formula is C19H17Cl2NO4. The molecule has 0 bridgehead atoms. The van der Waals surface area contributed by atoms with Crippen molar-refractivity contribution in [1.82, 2.24) is 0 Å². The van der Waals surface area contributed by atoms with E-state index in [1.54, 1.807) is 43.3 Å². The van der Waals surface area contributed by atoms with Gasteiger partial charge in [-0.25, -0.2) is 0 Å². The zero-order chi connectivity index (χ0) is 18.7. The van der Waals surface area contributed by atoms with Gasteiger partial charge in [-0.05, 0) is 54.8 Å². The maximum absolute atomic E-state index is 12.2. The van der Waals surface area contributed by atoms with Crippen LogP contribution >= 0.6 is 23.2 Å². The first-order chi connectivity index (χ1) is 12.4. The number of esters is 1. The fourth-order valence-corrected chi connectivity index (χ4v) is 3.07. The fraction of sp³-hybridized carbons (Fsp3) is 0.263. The van der Waals surface area contributed by atoms with Crippen LogP contribution in [-0.4, -0.2) is 25.1 Å². The molecule has 1 heterocycles. The maximum atomic E-state index is 12.2. The standard InChI is InChI=1S/C19H17Cl2NO4/c1-11-15(21)3-2-4-16(11)22-18(23)10-26-19(24)13-7-12-8-14(20)5-6-17(12)25-9-13/h2-6,8,13H,7,9-10H2,1H3,(H,22,23)/t13-/m0/s1. The van der Waals surface area contributed by atoms with Gasteiger partial charge in [0.1, 0.15) is 12.4 Å². The summed E-state index contributed by atoms with van der Waals surface area (Å²) in [6, 6.07) is 10.5. The Morgan fingerprint density at radius 3 is 2.88 bits per heavy atom. The average molecular weight is 394 g/mol. The van der Waals surface area contributed by atoms with E-state index in [1.165, 1.54) is 0 Å². The first-order valence-corrected chi connectivity index (χ1v) is 8.82. The van der Waals surface area contributed by atoms with Crippen molar-refractivity contribution in [3.63, 3.8) is 0 Å². The number of carbonyl (C=O) groups is 2. The van der Waals surface area contributed by atoms with E-state index in [1.807, 2.05) is 0 Å². The molecule has 0 aliphatic carbocycles. The average Bonchev–Trinajstić information content (AvgIpc) is 2.63. The van der Waals surface area contributed by atoms with Crippen molar-refractivity contribution in [2.24, 2.45) is 5.92 Å². The lowest BCUT2D eigenvalue weighted by atomic mass is 9.97. The lowest BCUT2D eigenvalue weighted by molar-refractivity contribution is -0.152. The van der Waals surface area contributed by atoms with Crippen LogP contribution in [0.2, 0.25) is 10.0 Å². The minimum Gasteiger partial charge on any atom is -0.492 e. The van der Waals surface area contributed by atoms with E-state index in [-0.39, 0.29) is 13.2 Å². The molecule has 2 aromatic carbocycles. The summed E-state index contributed by atoms with van der Waals surface area (Å²) in [6.07, 6.45) is 0.462. The molecule has 1 amide bonds. The molecule has 0 radical (unpaired) electrons. The number of amides is 1. The Hall–Kier alpha value is -2.24. The minimum absolute atomic E-state index is 0.211. The summed E-state index contributed by atoms with van der Waals surface area (Å²) in [7, 11) is 0. The molecule has 5 nitrogen and oxygen atoms in total. The molecule has 3 rings (SSSR count). The highest BCUT2D eigenvalue weighted by Gasteiger charge is 2.28. The van der Waals surface area contributed by atoms with E-state index in [2.05, 4.69) is 5.32 Å². The van der Waals surface area contributed by atoms with Crippen LogP contribution in [0.5, 0.6) is 5.75 Å². The molecule has 1 aliphatic rings. The largest absolute Gasteiger partial charge is 0.492 e. The van der Waals surface area contributed by atoms with Crippen molar-refractivity contribution >= 4 is 40.8 Å². The van der Waals surface area contributed by atoms with Gasteiger partial charge in [-0.3, -0.25) is 9.59 Å². The number of hydrogen-bond donors (Lipinski definition) is 1. The van der Waals surface area contributed by atoms with Gasteiger partial charge >= 0.3 is 5.97 Å². The molecule has 1 aliphatic heterocycles. The maximum Gasteiger partial charge on any atom is 0.313 e. The van der Waals surface area contributed by atoms with E-state index in [9.17, 15) is 9.59 Å². The zero-order valence-corrected chi connectivity index (χ0v) is 15.6. The SMILES string of the molecule is Cc1c(Cl)cccc1NC(=O)COC(=O)[C@@H]1COc2ccc(Cl)cc2C1. The van der Waals surface area contributed by atoms with Crippen LogP contribution in [0.3, 0.4) is 0 Å². The van der Waals surface area contributed by atoms with Crippen LogP contribution in [0.15, 0.2) is 36.4 Å². The van der Waals surface area contributed by atoms with Crippen LogP contribution in [0.25, 0.3) is 0 Å². The third-order valence-corrected chi connectivity index (χ3v) is 4.79. The molecule has 0 fully saturated rings. The highest BCUT2D eigenvalue weighted by atomic mass is 35.5. The van der Waals surface area contributed by atoms with E-state index >= 15 is 0 Å². The lowest BCUT2D eigenvalue weighted by Crippen LogP contribution is -2.32. The third kappa shape index (κ3) is 4.29. The molecule has 1 N–H and O–H groups in total. The second-order valence-corrected chi connectivity index (χ2v) is 6.88. The second-order valence-electron chi connectivity index (χ2n) is 6.03. The molecular weight excluding hydrogens is 377 g/mol. The highest BCUT2D eigenvalue weighted by molar-refractivity contribution is 6.31. The van der Waals surface area contributed by atoms with E-state index in [0.717, 1.165) is 11.1 Å². The van der Waals surface area contributed by atoms with Gasteiger partial charge < -0.3 is 14.8 Å². The number of carbonyl (C=O) groups excluding carboxylic acids is 2. The van der Waals surface area contributed by atoms with E-state index in [0.29, 0.717) is 27.9 Å². The monoisotopic (exact) mass is 393 g/mol. The quantitative estimate of drug-likeness (QED) is 0.796. The Morgan fingerprint density at radius 2 is 2.08 bits per heavy atom. The molecule has 0 aromatic heterocycles. The Labute approximate surface area is 161 Å². The van der Waals surface area contributed by atoms with Gasteiger partial charge in [0.15, 0.2) is 6.61 Å². The topological polar surface area (TPSA) is 64.6 Å². The lowest BCUT2D eigenvalue weighted by Gasteiger charge is -2.24. The number of anilines is 1. The number of ether oxygens (including phenoxy) is 2. The van der Waals surface area contributed by atoms with Crippen molar-refractivity contribution in [1.29, 1.82) is 0 Å². The van der Waals surface area contributed by atoms with Gasteiger partial charge in [-0.1, -0.05) is 29.3 Å². The van der Waals surface area contributed by atoms with Gasteiger partial charge in [-0.2, -0.15) is 0 Å². The summed E-state index contributed by atoms with van der Waals surface area (Å²) in [5.41, 5.74) is 2.19. The summed E-state index contributed by atoms with van der Waals surface area (Å²) < 4.78 is 10.7. The van der Waals surface area contributed by atoms with Crippen LogP contribution in [-0.2, 0) is 20.7 Å². The molecule has 7 heteroatoms. The summed E-state index contributed by atoms with van der Waals surface area (Å²) in [5.74, 6) is -0.660. The molecule has 0 saturated carbocycles. The first-order valence-electron chi connectivity index (χ1n) is 8.07. The van der Waals surface area contributed by atoms with Crippen molar-refractivity contribution in [3.05, 3.63) is 57.6 Å². The highest BCUT2D eigenvalue weighted by Crippen LogP contribution is 2.30. The Bertz CT molecular complexity index is 853. The van der Waals surface area contributed by atoms with Gasteiger partial charge in [0.25, 0.3) is 5.91 Å². The minimum atomic E-state index is -0.478. The molecule has 0 spiro atoms. The summed E-state index contributed by atoms with van der Waals surface area (Å²) in [5, 5.41) is 3.82. The van der Waals surface area contributed by atoms with Crippen LogP contribution in [0.4, 0.5) is 5.69 Å². The number of rotatable bonds is 4. The number of fused-ring (bicyclic) bond motifs is 1. The fourth-order valence-electron chi connectivity index (χ4n) is 2.70. The second kappa shape index (κ2) is 7.98. The number of halogens is 2. The molecule has 0 saturated heterocycles. The number of hydrogen-bond acceptors (Lipinski definition) is 4. The molecule has 2 aromatic rings. The number of nitrogens with one attached hydrogen (secondary N) is 1. The first kappa shape index (κ1) is 18.5. The predicted octanol–water partition coefficient (Wildman–Crippen LogP) is 4.03. The van der Waals surface area contributed by atoms with Crippen molar-refractivity contribution in [2.45, 2.75) is 13.3 Å². The predicted molar refractivity (Wildman–Crippen MR) is 99.9 cm³/mol. The van der Waals surface area contributed by atoms with Gasteiger partial charge in [-0.15, -0.1) is 0 Å². The van der Waals surface area contributed by atoms with Gasteiger partial charge in [0.05, 0.1) is 5.92 Å². The Balaban J connectivity index is 1.54.